The zero-order valence-corrected chi connectivity index (χ0v) is 20.9. The van der Waals surface area contributed by atoms with Crippen LogP contribution in [0.1, 0.15) is 12.0 Å². The molecule has 1 saturated heterocycles. The number of anilines is 2. The number of nitrogens with one attached hydrogen (secondary N) is 1. The SMILES string of the molecule is C#CCN1CCN(CCCOc2cc3ncc(C#N)c(Nc4cccc5ccoc45)c3cc2OC)CC1. The quantitative estimate of drug-likeness (QED) is 0.266. The molecule has 8 heteroatoms. The maximum Gasteiger partial charge on any atom is 0.163 e. The lowest BCUT2D eigenvalue weighted by Gasteiger charge is -2.33. The van der Waals surface area contributed by atoms with E-state index in [0.717, 1.165) is 67.7 Å². The van der Waals surface area contributed by atoms with Crippen molar-refractivity contribution in [1.82, 2.24) is 14.8 Å². The third-order valence-corrected chi connectivity index (χ3v) is 6.67. The van der Waals surface area contributed by atoms with E-state index >= 15 is 0 Å². The molecule has 1 aliphatic heterocycles. The number of hydrogen-bond donors (Lipinski definition) is 1. The van der Waals surface area contributed by atoms with E-state index in [2.05, 4.69) is 32.1 Å². The number of methoxy groups -OCH3 is 1. The van der Waals surface area contributed by atoms with Gasteiger partial charge in [-0.05, 0) is 24.6 Å². The molecule has 3 heterocycles. The van der Waals surface area contributed by atoms with E-state index in [1.54, 1.807) is 19.6 Å². The lowest BCUT2D eigenvalue weighted by molar-refractivity contribution is 0.136. The van der Waals surface area contributed by atoms with Gasteiger partial charge in [-0.2, -0.15) is 5.26 Å². The summed E-state index contributed by atoms with van der Waals surface area (Å²) >= 11 is 0. The Balaban J connectivity index is 1.32. The molecule has 5 rings (SSSR count). The molecule has 1 fully saturated rings. The molecule has 0 amide bonds. The molecule has 37 heavy (non-hydrogen) atoms. The first-order chi connectivity index (χ1) is 18.2. The van der Waals surface area contributed by atoms with Crippen molar-refractivity contribution in [1.29, 1.82) is 5.26 Å². The van der Waals surface area contributed by atoms with Gasteiger partial charge < -0.3 is 24.1 Å². The zero-order chi connectivity index (χ0) is 25.6. The normalized spacial score (nSPS) is 14.4. The van der Waals surface area contributed by atoms with Crippen LogP contribution in [0.4, 0.5) is 11.4 Å². The van der Waals surface area contributed by atoms with Crippen LogP contribution in [-0.2, 0) is 0 Å². The van der Waals surface area contributed by atoms with Gasteiger partial charge in [0, 0.05) is 55.8 Å². The van der Waals surface area contributed by atoms with Crippen molar-refractivity contribution in [3.8, 4) is 29.9 Å². The molecule has 1 aliphatic rings. The summed E-state index contributed by atoms with van der Waals surface area (Å²) in [7, 11) is 1.61. The van der Waals surface area contributed by atoms with Crippen LogP contribution in [0.15, 0.2) is 53.3 Å². The molecule has 188 valence electrons. The molecular formula is C29H29N5O3. The molecule has 0 saturated carbocycles. The van der Waals surface area contributed by atoms with Crippen LogP contribution in [-0.4, -0.2) is 67.8 Å². The first-order valence-electron chi connectivity index (χ1n) is 12.3. The Bertz CT molecular complexity index is 1470. The number of furan rings is 1. The molecule has 8 nitrogen and oxygen atoms in total. The number of pyridine rings is 1. The van der Waals surface area contributed by atoms with Crippen LogP contribution in [0.3, 0.4) is 0 Å². The molecule has 0 bridgehead atoms. The highest BCUT2D eigenvalue weighted by atomic mass is 16.5. The first kappa shape index (κ1) is 24.5. The monoisotopic (exact) mass is 495 g/mol. The Labute approximate surface area is 216 Å². The number of nitrogens with zero attached hydrogens (tertiary/aromatic N) is 4. The highest BCUT2D eigenvalue weighted by Crippen LogP contribution is 2.38. The number of benzene rings is 2. The summed E-state index contributed by atoms with van der Waals surface area (Å²) in [5, 5.41) is 14.9. The second kappa shape index (κ2) is 11.2. The van der Waals surface area contributed by atoms with Crippen molar-refractivity contribution in [3.63, 3.8) is 0 Å². The van der Waals surface area contributed by atoms with Gasteiger partial charge in [0.15, 0.2) is 17.1 Å². The molecule has 1 N–H and O–H groups in total. The Morgan fingerprint density at radius 2 is 1.97 bits per heavy atom. The summed E-state index contributed by atoms with van der Waals surface area (Å²) in [5.74, 6) is 3.94. The number of nitriles is 1. The van der Waals surface area contributed by atoms with Crippen LogP contribution in [0, 0.1) is 23.7 Å². The molecular weight excluding hydrogens is 466 g/mol. The predicted molar refractivity (Wildman–Crippen MR) is 144 cm³/mol. The van der Waals surface area contributed by atoms with Crippen molar-refractivity contribution in [2.75, 3.05) is 58.3 Å². The fourth-order valence-electron chi connectivity index (χ4n) is 4.69. The van der Waals surface area contributed by atoms with Gasteiger partial charge in [0.1, 0.15) is 6.07 Å². The maximum atomic E-state index is 9.78. The van der Waals surface area contributed by atoms with E-state index < -0.39 is 0 Å². The largest absolute Gasteiger partial charge is 0.493 e. The molecule has 2 aromatic carbocycles. The van der Waals surface area contributed by atoms with Crippen LogP contribution in [0.5, 0.6) is 11.5 Å². The van der Waals surface area contributed by atoms with E-state index in [1.807, 2.05) is 36.4 Å². The first-order valence-corrected chi connectivity index (χ1v) is 12.3. The van der Waals surface area contributed by atoms with Gasteiger partial charge in [-0.15, -0.1) is 6.42 Å². The third-order valence-electron chi connectivity index (χ3n) is 6.67. The lowest BCUT2D eigenvalue weighted by Crippen LogP contribution is -2.46. The van der Waals surface area contributed by atoms with E-state index in [4.69, 9.17) is 20.3 Å². The minimum atomic E-state index is 0.425. The summed E-state index contributed by atoms with van der Waals surface area (Å²) in [6.45, 7) is 6.30. The second-order valence-corrected chi connectivity index (χ2v) is 8.97. The highest BCUT2D eigenvalue weighted by Gasteiger charge is 2.17. The minimum absolute atomic E-state index is 0.425. The van der Waals surface area contributed by atoms with Gasteiger partial charge in [0.2, 0.25) is 0 Å². The van der Waals surface area contributed by atoms with Gasteiger partial charge in [0.25, 0.3) is 0 Å². The third kappa shape index (κ3) is 5.31. The van der Waals surface area contributed by atoms with Crippen LogP contribution in [0.2, 0.25) is 0 Å². The Hall–Kier alpha value is -4.24. The Kier molecular flexibility index (Phi) is 7.41. The second-order valence-electron chi connectivity index (χ2n) is 8.97. The number of hydrogen-bond acceptors (Lipinski definition) is 8. The number of ether oxygens (including phenoxy) is 2. The van der Waals surface area contributed by atoms with Crippen LogP contribution >= 0.6 is 0 Å². The van der Waals surface area contributed by atoms with Crippen molar-refractivity contribution >= 4 is 33.2 Å². The van der Waals surface area contributed by atoms with Crippen LogP contribution in [0.25, 0.3) is 21.9 Å². The van der Waals surface area contributed by atoms with Gasteiger partial charge in [0.05, 0.1) is 49.0 Å². The molecule has 2 aromatic heterocycles. The van der Waals surface area contributed by atoms with Gasteiger partial charge >= 0.3 is 0 Å². The summed E-state index contributed by atoms with van der Waals surface area (Å²) in [5.41, 5.74) is 3.26. The molecule has 0 aliphatic carbocycles. The fraction of sp³-hybridized carbons (Fsp3) is 0.310. The summed E-state index contributed by atoms with van der Waals surface area (Å²) in [6.07, 6.45) is 9.54. The number of piperazine rings is 1. The zero-order valence-electron chi connectivity index (χ0n) is 20.9. The highest BCUT2D eigenvalue weighted by molar-refractivity contribution is 6.00. The number of fused-ring (bicyclic) bond motifs is 2. The molecule has 0 spiro atoms. The molecule has 0 unspecified atom stereocenters. The molecule has 0 radical (unpaired) electrons. The fourth-order valence-corrected chi connectivity index (χ4v) is 4.69. The number of aromatic nitrogens is 1. The van der Waals surface area contributed by atoms with E-state index in [0.29, 0.717) is 34.9 Å². The standard InChI is InChI=1S/C29H29N5O3/c1-3-9-33-11-13-34(14-12-33)10-5-15-36-27-18-25-23(17-26(27)35-2)28(22(19-30)20-31-25)32-24-7-4-6-21-8-16-37-29(21)24/h1,4,6-8,16-18,20H,5,9-15H2,2H3,(H,31,32). The Morgan fingerprint density at radius 1 is 1.14 bits per heavy atom. The van der Waals surface area contributed by atoms with Gasteiger partial charge in [-0.1, -0.05) is 18.1 Å². The van der Waals surface area contributed by atoms with Crippen molar-refractivity contribution < 1.29 is 13.9 Å². The molecule has 4 aromatic rings. The summed E-state index contributed by atoms with van der Waals surface area (Å²) in [4.78, 5) is 9.26. The van der Waals surface area contributed by atoms with E-state index in [-0.39, 0.29) is 0 Å². The van der Waals surface area contributed by atoms with E-state index in [9.17, 15) is 5.26 Å². The maximum absolute atomic E-state index is 9.78. The average Bonchev–Trinajstić information content (AvgIpc) is 3.42. The van der Waals surface area contributed by atoms with E-state index in [1.165, 1.54) is 0 Å². The number of terminal acetylenes is 1. The van der Waals surface area contributed by atoms with Gasteiger partial charge in [-0.25, -0.2) is 0 Å². The summed E-state index contributed by atoms with van der Waals surface area (Å²) in [6, 6.07) is 13.7. The van der Waals surface area contributed by atoms with Crippen LogP contribution < -0.4 is 14.8 Å². The van der Waals surface area contributed by atoms with Crippen molar-refractivity contribution in [3.05, 3.63) is 54.4 Å². The van der Waals surface area contributed by atoms with Gasteiger partial charge in [-0.3, -0.25) is 9.88 Å². The Morgan fingerprint density at radius 3 is 2.76 bits per heavy atom. The summed E-state index contributed by atoms with van der Waals surface area (Å²) < 4.78 is 17.4. The number of rotatable bonds is 9. The smallest absolute Gasteiger partial charge is 0.163 e. The van der Waals surface area contributed by atoms with Crippen molar-refractivity contribution in [2.45, 2.75) is 6.42 Å². The topological polar surface area (TPSA) is 86.8 Å². The predicted octanol–water partition coefficient (Wildman–Crippen LogP) is 4.62. The number of para-hydroxylation sites is 1. The lowest BCUT2D eigenvalue weighted by atomic mass is 10.1. The minimum Gasteiger partial charge on any atom is -0.493 e. The average molecular weight is 496 g/mol. The van der Waals surface area contributed by atoms with Crippen molar-refractivity contribution in [2.24, 2.45) is 0 Å². The molecule has 0 atom stereocenters.